The molecule has 0 bridgehead atoms. The zero-order valence-electron chi connectivity index (χ0n) is 9.38. The van der Waals surface area contributed by atoms with E-state index in [-0.39, 0.29) is 5.78 Å². The van der Waals surface area contributed by atoms with Gasteiger partial charge in [-0.25, -0.2) is 9.48 Å². The zero-order chi connectivity index (χ0) is 12.1. The molecule has 1 rings (SSSR count). The number of aliphatic carboxylic acids is 1. The number of carbonyl (C=O) groups excluding carboxylic acids is 1. The van der Waals surface area contributed by atoms with Crippen molar-refractivity contribution in [3.05, 3.63) is 11.9 Å². The lowest BCUT2D eigenvalue weighted by Crippen LogP contribution is -2.15. The summed E-state index contributed by atoms with van der Waals surface area (Å²) in [5.41, 5.74) is 0.717. The molecule has 1 aromatic heterocycles. The van der Waals surface area contributed by atoms with Gasteiger partial charge in [0.1, 0.15) is 11.8 Å². The molecule has 1 heterocycles. The van der Waals surface area contributed by atoms with E-state index in [0.717, 1.165) is 6.42 Å². The van der Waals surface area contributed by atoms with Gasteiger partial charge in [0.2, 0.25) is 0 Å². The first-order chi connectivity index (χ1) is 7.50. The number of rotatable bonds is 6. The molecule has 0 aromatic carbocycles. The number of carboxylic acids is 1. The SMILES string of the molecule is CC(=O)CCCc1cn(C(C)C(=O)O)nn1. The maximum absolute atomic E-state index is 10.7. The van der Waals surface area contributed by atoms with Crippen molar-refractivity contribution in [2.45, 2.75) is 39.2 Å². The number of ketones is 1. The second-order valence-electron chi connectivity index (χ2n) is 3.76. The van der Waals surface area contributed by atoms with Crippen LogP contribution in [0.2, 0.25) is 0 Å². The molecule has 0 saturated heterocycles. The number of aryl methyl sites for hydroxylation is 1. The van der Waals surface area contributed by atoms with E-state index in [2.05, 4.69) is 10.3 Å². The van der Waals surface area contributed by atoms with Crippen molar-refractivity contribution in [2.24, 2.45) is 0 Å². The lowest BCUT2D eigenvalue weighted by molar-refractivity contribution is -0.140. The number of hydrogen-bond acceptors (Lipinski definition) is 4. The molecule has 0 aliphatic carbocycles. The lowest BCUT2D eigenvalue weighted by Gasteiger charge is -2.03. The van der Waals surface area contributed by atoms with Crippen molar-refractivity contribution in [1.82, 2.24) is 15.0 Å². The highest BCUT2D eigenvalue weighted by Gasteiger charge is 2.14. The van der Waals surface area contributed by atoms with Crippen molar-refractivity contribution in [3.63, 3.8) is 0 Å². The van der Waals surface area contributed by atoms with Gasteiger partial charge in [0.25, 0.3) is 0 Å². The van der Waals surface area contributed by atoms with Crippen LogP contribution in [-0.2, 0) is 16.0 Å². The van der Waals surface area contributed by atoms with Crippen LogP contribution < -0.4 is 0 Å². The minimum absolute atomic E-state index is 0.145. The van der Waals surface area contributed by atoms with E-state index in [1.54, 1.807) is 13.1 Å². The summed E-state index contributed by atoms with van der Waals surface area (Å²) >= 11 is 0. The highest BCUT2D eigenvalue weighted by molar-refractivity contribution is 5.75. The van der Waals surface area contributed by atoms with Crippen LogP contribution in [0.1, 0.15) is 38.4 Å². The van der Waals surface area contributed by atoms with Gasteiger partial charge in [-0.15, -0.1) is 5.10 Å². The van der Waals surface area contributed by atoms with E-state index in [1.807, 2.05) is 0 Å². The number of carboxylic acid groups (broad SMARTS) is 1. The van der Waals surface area contributed by atoms with Crippen LogP contribution in [0.25, 0.3) is 0 Å². The van der Waals surface area contributed by atoms with E-state index in [9.17, 15) is 9.59 Å². The molecule has 88 valence electrons. The topological polar surface area (TPSA) is 85.1 Å². The highest BCUT2D eigenvalue weighted by Crippen LogP contribution is 2.07. The van der Waals surface area contributed by atoms with Gasteiger partial charge >= 0.3 is 5.97 Å². The summed E-state index contributed by atoms with van der Waals surface area (Å²) in [7, 11) is 0. The minimum atomic E-state index is -0.944. The maximum Gasteiger partial charge on any atom is 0.328 e. The monoisotopic (exact) mass is 225 g/mol. The third kappa shape index (κ3) is 3.45. The number of nitrogens with zero attached hydrogens (tertiary/aromatic N) is 3. The molecule has 0 aliphatic rings. The Morgan fingerprint density at radius 2 is 2.25 bits per heavy atom. The van der Waals surface area contributed by atoms with Gasteiger partial charge in [0.05, 0.1) is 5.69 Å². The molecule has 0 aliphatic heterocycles. The number of carbonyl (C=O) groups is 2. The molecule has 0 amide bonds. The van der Waals surface area contributed by atoms with Crippen LogP contribution in [0.3, 0.4) is 0 Å². The summed E-state index contributed by atoms with van der Waals surface area (Å²) in [5, 5.41) is 16.4. The molecule has 0 fully saturated rings. The molecule has 0 spiro atoms. The Morgan fingerprint density at radius 1 is 1.56 bits per heavy atom. The fourth-order valence-electron chi connectivity index (χ4n) is 1.25. The molecular formula is C10H15N3O3. The second-order valence-corrected chi connectivity index (χ2v) is 3.76. The Balaban J connectivity index is 2.51. The second kappa shape index (κ2) is 5.39. The normalized spacial score (nSPS) is 12.4. The van der Waals surface area contributed by atoms with E-state index < -0.39 is 12.0 Å². The molecule has 0 saturated carbocycles. The molecule has 1 N–H and O–H groups in total. The quantitative estimate of drug-likeness (QED) is 0.775. The lowest BCUT2D eigenvalue weighted by atomic mass is 10.1. The summed E-state index contributed by atoms with van der Waals surface area (Å²) in [6.07, 6.45) is 3.49. The number of hydrogen-bond donors (Lipinski definition) is 1. The summed E-state index contributed by atoms with van der Waals surface area (Å²) in [6, 6.07) is -0.714. The summed E-state index contributed by atoms with van der Waals surface area (Å²) in [6.45, 7) is 3.08. The Labute approximate surface area is 93.3 Å². The molecule has 1 atom stereocenters. The fourth-order valence-corrected chi connectivity index (χ4v) is 1.25. The van der Waals surface area contributed by atoms with E-state index in [1.165, 1.54) is 11.6 Å². The number of aromatic nitrogens is 3. The van der Waals surface area contributed by atoms with Crippen LogP contribution in [0.4, 0.5) is 0 Å². The van der Waals surface area contributed by atoms with Gasteiger partial charge in [-0.1, -0.05) is 5.21 Å². The predicted octanol–water partition coefficient (Wildman–Crippen LogP) is 0.835. The summed E-state index contributed by atoms with van der Waals surface area (Å²) in [4.78, 5) is 21.4. The van der Waals surface area contributed by atoms with Crippen molar-refractivity contribution in [3.8, 4) is 0 Å². The van der Waals surface area contributed by atoms with Crippen molar-refractivity contribution < 1.29 is 14.7 Å². The molecule has 16 heavy (non-hydrogen) atoms. The van der Waals surface area contributed by atoms with Crippen LogP contribution in [0.15, 0.2) is 6.20 Å². The first-order valence-corrected chi connectivity index (χ1v) is 5.13. The van der Waals surface area contributed by atoms with Crippen LogP contribution >= 0.6 is 0 Å². The van der Waals surface area contributed by atoms with Crippen molar-refractivity contribution in [1.29, 1.82) is 0 Å². The fraction of sp³-hybridized carbons (Fsp3) is 0.600. The molecule has 0 radical (unpaired) electrons. The van der Waals surface area contributed by atoms with Gasteiger partial charge in [-0.3, -0.25) is 0 Å². The van der Waals surface area contributed by atoms with Crippen LogP contribution in [0, 0.1) is 0 Å². The average molecular weight is 225 g/mol. The van der Waals surface area contributed by atoms with E-state index in [0.29, 0.717) is 18.5 Å². The van der Waals surface area contributed by atoms with E-state index in [4.69, 9.17) is 5.11 Å². The zero-order valence-corrected chi connectivity index (χ0v) is 9.38. The predicted molar refractivity (Wildman–Crippen MR) is 56.0 cm³/mol. The van der Waals surface area contributed by atoms with Crippen molar-refractivity contribution >= 4 is 11.8 Å². The Kier molecular flexibility index (Phi) is 4.16. The van der Waals surface area contributed by atoms with Crippen LogP contribution in [0.5, 0.6) is 0 Å². The molecule has 1 unspecified atom stereocenters. The third-order valence-corrected chi connectivity index (χ3v) is 2.27. The number of Topliss-reactive ketones (excluding diaryl/α,β-unsaturated/α-hetero) is 1. The largest absolute Gasteiger partial charge is 0.480 e. The van der Waals surface area contributed by atoms with Crippen molar-refractivity contribution in [2.75, 3.05) is 0 Å². The van der Waals surface area contributed by atoms with Gasteiger partial charge < -0.3 is 9.90 Å². The van der Waals surface area contributed by atoms with E-state index >= 15 is 0 Å². The maximum atomic E-state index is 10.7. The Hall–Kier alpha value is -1.72. The average Bonchev–Trinajstić information content (AvgIpc) is 2.64. The molecule has 1 aromatic rings. The van der Waals surface area contributed by atoms with Gasteiger partial charge in [-0.05, 0) is 26.7 Å². The van der Waals surface area contributed by atoms with Crippen LogP contribution in [-0.4, -0.2) is 31.9 Å². The summed E-state index contributed by atoms with van der Waals surface area (Å²) < 4.78 is 1.31. The smallest absolute Gasteiger partial charge is 0.328 e. The first kappa shape index (κ1) is 12.4. The van der Waals surface area contributed by atoms with Gasteiger partial charge in [0, 0.05) is 12.6 Å². The third-order valence-electron chi connectivity index (χ3n) is 2.27. The molecule has 6 heteroatoms. The van der Waals surface area contributed by atoms with Gasteiger partial charge in [-0.2, -0.15) is 0 Å². The van der Waals surface area contributed by atoms with Gasteiger partial charge in [0.15, 0.2) is 0 Å². The standard InChI is InChI=1S/C10H15N3O3/c1-7(14)4-3-5-9-6-13(12-11-9)8(2)10(15)16/h6,8H,3-5H2,1-2H3,(H,15,16). The summed E-state index contributed by atoms with van der Waals surface area (Å²) in [5.74, 6) is -0.800. The Bertz CT molecular complexity index is 386. The molecule has 6 nitrogen and oxygen atoms in total. The minimum Gasteiger partial charge on any atom is -0.480 e. The highest BCUT2D eigenvalue weighted by atomic mass is 16.4. The first-order valence-electron chi connectivity index (χ1n) is 5.13. The Morgan fingerprint density at radius 3 is 2.81 bits per heavy atom. The molecular weight excluding hydrogens is 210 g/mol.